The minimum Gasteiger partial charge on any atom is -0.397 e. The zero-order valence-electron chi connectivity index (χ0n) is 9.11. The molecular weight excluding hydrogens is 238 g/mol. The molecule has 0 aliphatic carbocycles. The molecule has 3 N–H and O–H groups in total. The van der Waals surface area contributed by atoms with Crippen molar-refractivity contribution in [3.63, 3.8) is 0 Å². The van der Waals surface area contributed by atoms with Crippen LogP contribution in [0, 0.1) is 11.6 Å². The van der Waals surface area contributed by atoms with Crippen LogP contribution in [0.5, 0.6) is 0 Å². The summed E-state index contributed by atoms with van der Waals surface area (Å²) in [6.07, 6.45) is 1.48. The van der Waals surface area contributed by atoms with E-state index in [9.17, 15) is 8.78 Å². The van der Waals surface area contributed by atoms with E-state index in [1.54, 1.807) is 6.07 Å². The third kappa shape index (κ3) is 1.58. The van der Waals surface area contributed by atoms with E-state index in [1.807, 2.05) is 0 Å². The number of hydrogen-bond donors (Lipinski definition) is 2. The molecule has 3 aromatic rings. The summed E-state index contributed by atoms with van der Waals surface area (Å²) in [5.74, 6) is -1.80. The van der Waals surface area contributed by atoms with Crippen LogP contribution in [-0.2, 0) is 0 Å². The number of nitrogen functional groups attached to an aromatic ring is 1. The van der Waals surface area contributed by atoms with Crippen LogP contribution >= 0.6 is 0 Å². The Morgan fingerprint density at radius 3 is 2.72 bits per heavy atom. The predicted molar refractivity (Wildman–Crippen MR) is 63.7 cm³/mol. The molecule has 0 fully saturated rings. The standard InChI is InChI=1S/C12H8F2N4/c13-9-2-1-6(3-10(9)14)11-8-4-7(15)5-16-12(8)18-17-11/h1-5H,15H2,(H,16,17,18). The van der Waals surface area contributed by atoms with Crippen LogP contribution in [0.15, 0.2) is 30.5 Å². The number of aromatic amines is 1. The number of benzene rings is 1. The number of pyridine rings is 1. The summed E-state index contributed by atoms with van der Waals surface area (Å²) in [4.78, 5) is 4.03. The van der Waals surface area contributed by atoms with E-state index in [0.29, 0.717) is 28.0 Å². The largest absolute Gasteiger partial charge is 0.397 e. The zero-order valence-corrected chi connectivity index (χ0v) is 9.11. The summed E-state index contributed by atoms with van der Waals surface area (Å²) in [7, 11) is 0. The molecule has 0 radical (unpaired) electrons. The van der Waals surface area contributed by atoms with Crippen LogP contribution in [0.2, 0.25) is 0 Å². The minimum atomic E-state index is -0.910. The Balaban J connectivity index is 2.24. The first-order valence-electron chi connectivity index (χ1n) is 5.20. The fourth-order valence-electron chi connectivity index (χ4n) is 1.79. The van der Waals surface area contributed by atoms with Gasteiger partial charge in [0.15, 0.2) is 17.3 Å². The molecule has 0 saturated carbocycles. The van der Waals surface area contributed by atoms with Gasteiger partial charge in [-0.25, -0.2) is 13.8 Å². The van der Waals surface area contributed by atoms with E-state index >= 15 is 0 Å². The van der Waals surface area contributed by atoms with Gasteiger partial charge in [0.2, 0.25) is 0 Å². The maximum absolute atomic E-state index is 13.2. The first kappa shape index (κ1) is 10.6. The van der Waals surface area contributed by atoms with Crippen LogP contribution in [0.4, 0.5) is 14.5 Å². The SMILES string of the molecule is Nc1cnc2n[nH]c(-c3ccc(F)c(F)c3)c2c1. The fourth-order valence-corrected chi connectivity index (χ4v) is 1.79. The summed E-state index contributed by atoms with van der Waals surface area (Å²) >= 11 is 0. The Bertz CT molecular complexity index is 736. The lowest BCUT2D eigenvalue weighted by Crippen LogP contribution is -1.88. The van der Waals surface area contributed by atoms with Gasteiger partial charge in [-0.1, -0.05) is 0 Å². The molecular formula is C12H8F2N4. The smallest absolute Gasteiger partial charge is 0.181 e. The molecule has 2 aromatic heterocycles. The van der Waals surface area contributed by atoms with Crippen molar-refractivity contribution in [3.8, 4) is 11.3 Å². The molecule has 0 aliphatic rings. The predicted octanol–water partition coefficient (Wildman–Crippen LogP) is 2.49. The molecule has 1 aromatic carbocycles. The topological polar surface area (TPSA) is 67.6 Å². The molecule has 18 heavy (non-hydrogen) atoms. The van der Waals surface area contributed by atoms with Gasteiger partial charge in [-0.15, -0.1) is 0 Å². The van der Waals surface area contributed by atoms with Crippen LogP contribution in [0.25, 0.3) is 22.3 Å². The van der Waals surface area contributed by atoms with Gasteiger partial charge >= 0.3 is 0 Å². The molecule has 2 heterocycles. The van der Waals surface area contributed by atoms with Crippen LogP contribution < -0.4 is 5.73 Å². The van der Waals surface area contributed by atoms with Crippen LogP contribution in [0.3, 0.4) is 0 Å². The number of anilines is 1. The van der Waals surface area contributed by atoms with Crippen molar-refractivity contribution in [2.45, 2.75) is 0 Å². The average Bonchev–Trinajstić information content (AvgIpc) is 2.75. The number of fused-ring (bicyclic) bond motifs is 1. The highest BCUT2D eigenvalue weighted by molar-refractivity contribution is 5.92. The maximum atomic E-state index is 13.2. The Kier molecular flexibility index (Phi) is 2.22. The first-order valence-corrected chi connectivity index (χ1v) is 5.20. The molecule has 0 aliphatic heterocycles. The molecule has 0 amide bonds. The second-order valence-corrected chi connectivity index (χ2v) is 3.87. The number of rotatable bonds is 1. The van der Waals surface area contributed by atoms with Crippen molar-refractivity contribution in [3.05, 3.63) is 42.1 Å². The van der Waals surface area contributed by atoms with Gasteiger partial charge in [0, 0.05) is 10.9 Å². The second-order valence-electron chi connectivity index (χ2n) is 3.87. The third-order valence-electron chi connectivity index (χ3n) is 2.64. The quantitative estimate of drug-likeness (QED) is 0.693. The van der Waals surface area contributed by atoms with Crippen LogP contribution in [-0.4, -0.2) is 15.2 Å². The Hall–Kier alpha value is -2.50. The average molecular weight is 246 g/mol. The van der Waals surface area contributed by atoms with Crippen molar-refractivity contribution in [1.29, 1.82) is 0 Å². The summed E-state index contributed by atoms with van der Waals surface area (Å²) in [6.45, 7) is 0. The fraction of sp³-hybridized carbons (Fsp3) is 0. The number of nitrogens with two attached hydrogens (primary N) is 1. The highest BCUT2D eigenvalue weighted by Crippen LogP contribution is 2.27. The molecule has 0 saturated heterocycles. The maximum Gasteiger partial charge on any atom is 0.181 e. The zero-order chi connectivity index (χ0) is 12.7. The Morgan fingerprint density at radius 1 is 1.11 bits per heavy atom. The lowest BCUT2D eigenvalue weighted by molar-refractivity contribution is 0.509. The van der Waals surface area contributed by atoms with Crippen molar-refractivity contribution in [2.75, 3.05) is 5.73 Å². The summed E-state index contributed by atoms with van der Waals surface area (Å²) in [6, 6.07) is 5.32. The molecule has 90 valence electrons. The molecule has 0 bridgehead atoms. The monoisotopic (exact) mass is 246 g/mol. The van der Waals surface area contributed by atoms with Gasteiger partial charge in [-0.3, -0.25) is 5.10 Å². The van der Waals surface area contributed by atoms with Crippen molar-refractivity contribution >= 4 is 16.7 Å². The number of nitrogens with zero attached hydrogens (tertiary/aromatic N) is 2. The summed E-state index contributed by atoms with van der Waals surface area (Å²) in [5, 5.41) is 7.39. The summed E-state index contributed by atoms with van der Waals surface area (Å²) in [5.41, 5.74) is 7.65. The van der Waals surface area contributed by atoms with E-state index in [2.05, 4.69) is 15.2 Å². The van der Waals surface area contributed by atoms with E-state index < -0.39 is 11.6 Å². The van der Waals surface area contributed by atoms with E-state index in [-0.39, 0.29) is 0 Å². The van der Waals surface area contributed by atoms with Gasteiger partial charge in [0.25, 0.3) is 0 Å². The molecule has 0 atom stereocenters. The molecule has 3 rings (SSSR count). The number of nitrogens with one attached hydrogen (secondary N) is 1. The molecule has 6 heteroatoms. The molecule has 0 spiro atoms. The van der Waals surface area contributed by atoms with Crippen molar-refractivity contribution in [2.24, 2.45) is 0 Å². The number of H-pyrrole nitrogens is 1. The van der Waals surface area contributed by atoms with Gasteiger partial charge in [0.1, 0.15) is 0 Å². The third-order valence-corrected chi connectivity index (χ3v) is 2.64. The highest BCUT2D eigenvalue weighted by atomic mass is 19.2. The lowest BCUT2D eigenvalue weighted by atomic mass is 10.1. The van der Waals surface area contributed by atoms with Crippen molar-refractivity contribution in [1.82, 2.24) is 15.2 Å². The summed E-state index contributed by atoms with van der Waals surface area (Å²) < 4.78 is 26.1. The highest BCUT2D eigenvalue weighted by Gasteiger charge is 2.11. The normalized spacial score (nSPS) is 11.0. The second kappa shape index (κ2) is 3.76. The van der Waals surface area contributed by atoms with Gasteiger partial charge < -0.3 is 5.73 Å². The van der Waals surface area contributed by atoms with E-state index in [1.165, 1.54) is 12.3 Å². The minimum absolute atomic E-state index is 0.476. The Labute approximate surface area is 100 Å². The number of halogens is 2. The van der Waals surface area contributed by atoms with Crippen molar-refractivity contribution < 1.29 is 8.78 Å². The number of aromatic nitrogens is 3. The van der Waals surface area contributed by atoms with Gasteiger partial charge in [0.05, 0.1) is 17.6 Å². The Morgan fingerprint density at radius 2 is 1.94 bits per heavy atom. The van der Waals surface area contributed by atoms with E-state index in [4.69, 9.17) is 5.73 Å². The van der Waals surface area contributed by atoms with Gasteiger partial charge in [-0.2, -0.15) is 5.10 Å². The molecule has 0 unspecified atom stereocenters. The van der Waals surface area contributed by atoms with E-state index in [0.717, 1.165) is 12.1 Å². The lowest BCUT2D eigenvalue weighted by Gasteiger charge is -2.00. The van der Waals surface area contributed by atoms with Crippen LogP contribution in [0.1, 0.15) is 0 Å². The van der Waals surface area contributed by atoms with Gasteiger partial charge in [-0.05, 0) is 24.3 Å². The number of hydrogen-bond acceptors (Lipinski definition) is 3. The first-order chi connectivity index (χ1) is 8.65. The molecule has 4 nitrogen and oxygen atoms in total.